The van der Waals surface area contributed by atoms with Gasteiger partial charge in [-0.2, -0.15) is 0 Å². The topological polar surface area (TPSA) is 66.4 Å². The Bertz CT molecular complexity index is 411. The first-order chi connectivity index (χ1) is 6.92. The van der Waals surface area contributed by atoms with Crippen molar-refractivity contribution in [1.82, 2.24) is 0 Å². The SMILES string of the molecule is CC[C@@H](O)c1ccc(NS(C)(=O)=O)cc1. The van der Waals surface area contributed by atoms with E-state index in [1.807, 2.05) is 6.92 Å². The van der Waals surface area contributed by atoms with Crippen molar-refractivity contribution < 1.29 is 13.5 Å². The zero-order chi connectivity index (χ0) is 11.5. The van der Waals surface area contributed by atoms with Gasteiger partial charge < -0.3 is 5.11 Å². The van der Waals surface area contributed by atoms with Crippen molar-refractivity contribution in [1.29, 1.82) is 0 Å². The smallest absolute Gasteiger partial charge is 0.229 e. The minimum atomic E-state index is -3.23. The Labute approximate surface area is 90.0 Å². The van der Waals surface area contributed by atoms with Gasteiger partial charge in [0.15, 0.2) is 0 Å². The number of anilines is 1. The molecule has 0 aliphatic carbocycles. The second-order valence-corrected chi connectivity index (χ2v) is 5.17. The van der Waals surface area contributed by atoms with Crippen LogP contribution >= 0.6 is 0 Å². The number of hydrogen-bond donors (Lipinski definition) is 2. The fourth-order valence-corrected chi connectivity index (χ4v) is 1.79. The van der Waals surface area contributed by atoms with Gasteiger partial charge >= 0.3 is 0 Å². The molecule has 1 aromatic rings. The first-order valence-corrected chi connectivity index (χ1v) is 6.57. The van der Waals surface area contributed by atoms with Crippen LogP contribution in [-0.4, -0.2) is 19.8 Å². The average Bonchev–Trinajstić information content (AvgIpc) is 2.15. The van der Waals surface area contributed by atoms with Crippen molar-refractivity contribution in [2.75, 3.05) is 11.0 Å². The molecule has 2 N–H and O–H groups in total. The Morgan fingerprint density at radius 1 is 1.33 bits per heavy atom. The summed E-state index contributed by atoms with van der Waals surface area (Å²) < 4.78 is 24.2. The van der Waals surface area contributed by atoms with Gasteiger partial charge in [-0.25, -0.2) is 8.42 Å². The summed E-state index contributed by atoms with van der Waals surface area (Å²) in [5.74, 6) is 0. The maximum Gasteiger partial charge on any atom is 0.229 e. The van der Waals surface area contributed by atoms with Crippen molar-refractivity contribution in [3.8, 4) is 0 Å². The fraction of sp³-hybridized carbons (Fsp3) is 0.400. The number of aliphatic hydroxyl groups is 1. The van der Waals surface area contributed by atoms with Gasteiger partial charge in [0, 0.05) is 5.69 Å². The van der Waals surface area contributed by atoms with E-state index in [-0.39, 0.29) is 0 Å². The first kappa shape index (κ1) is 12.0. The highest BCUT2D eigenvalue weighted by Gasteiger charge is 2.05. The van der Waals surface area contributed by atoms with Crippen LogP contribution in [0.3, 0.4) is 0 Å². The molecule has 1 aromatic carbocycles. The predicted molar refractivity (Wildman–Crippen MR) is 60.2 cm³/mol. The van der Waals surface area contributed by atoms with Gasteiger partial charge in [-0.15, -0.1) is 0 Å². The molecule has 1 atom stereocenters. The zero-order valence-corrected chi connectivity index (χ0v) is 9.58. The molecule has 4 nitrogen and oxygen atoms in total. The molecule has 84 valence electrons. The van der Waals surface area contributed by atoms with Crippen LogP contribution in [0.1, 0.15) is 25.0 Å². The molecule has 0 spiro atoms. The third kappa shape index (κ3) is 3.89. The van der Waals surface area contributed by atoms with Gasteiger partial charge in [0.1, 0.15) is 0 Å². The molecule has 15 heavy (non-hydrogen) atoms. The number of sulfonamides is 1. The van der Waals surface area contributed by atoms with Crippen LogP contribution in [0.5, 0.6) is 0 Å². The van der Waals surface area contributed by atoms with Crippen LogP contribution in [0.4, 0.5) is 5.69 Å². The molecule has 0 amide bonds. The van der Waals surface area contributed by atoms with E-state index in [2.05, 4.69) is 4.72 Å². The summed E-state index contributed by atoms with van der Waals surface area (Å²) in [5, 5.41) is 9.51. The Hall–Kier alpha value is -1.07. The first-order valence-electron chi connectivity index (χ1n) is 4.68. The third-order valence-corrected chi connectivity index (χ3v) is 2.59. The van der Waals surface area contributed by atoms with Crippen molar-refractivity contribution in [2.45, 2.75) is 19.4 Å². The summed E-state index contributed by atoms with van der Waals surface area (Å²) in [6.45, 7) is 1.88. The Kier molecular flexibility index (Phi) is 3.71. The van der Waals surface area contributed by atoms with E-state index in [1.165, 1.54) is 0 Å². The molecule has 0 aromatic heterocycles. The van der Waals surface area contributed by atoms with Crippen molar-refractivity contribution >= 4 is 15.7 Å². The van der Waals surface area contributed by atoms with E-state index in [9.17, 15) is 13.5 Å². The van der Waals surface area contributed by atoms with Crippen LogP contribution < -0.4 is 4.72 Å². The highest BCUT2D eigenvalue weighted by Crippen LogP contribution is 2.18. The molecule has 5 heteroatoms. The molecule has 0 heterocycles. The summed E-state index contributed by atoms with van der Waals surface area (Å²) in [7, 11) is -3.23. The lowest BCUT2D eigenvalue weighted by Gasteiger charge is -2.09. The van der Waals surface area contributed by atoms with E-state index in [1.54, 1.807) is 24.3 Å². The molecule has 0 aliphatic heterocycles. The van der Waals surface area contributed by atoms with Crippen LogP contribution in [0.15, 0.2) is 24.3 Å². The van der Waals surface area contributed by atoms with Gasteiger partial charge in [0.2, 0.25) is 10.0 Å². The van der Waals surface area contributed by atoms with Crippen LogP contribution in [-0.2, 0) is 10.0 Å². The summed E-state index contributed by atoms with van der Waals surface area (Å²) >= 11 is 0. The van der Waals surface area contributed by atoms with E-state index in [0.29, 0.717) is 12.1 Å². The Morgan fingerprint density at radius 2 is 1.87 bits per heavy atom. The molecule has 0 saturated carbocycles. The lowest BCUT2D eigenvalue weighted by molar-refractivity contribution is 0.173. The van der Waals surface area contributed by atoms with Crippen molar-refractivity contribution in [3.63, 3.8) is 0 Å². The number of benzene rings is 1. The molecule has 0 aliphatic rings. The van der Waals surface area contributed by atoms with Crippen LogP contribution in [0, 0.1) is 0 Å². The van der Waals surface area contributed by atoms with Gasteiger partial charge in [-0.1, -0.05) is 19.1 Å². The average molecular weight is 229 g/mol. The van der Waals surface area contributed by atoms with Crippen LogP contribution in [0.2, 0.25) is 0 Å². The van der Waals surface area contributed by atoms with Crippen LogP contribution in [0.25, 0.3) is 0 Å². The molecule has 1 rings (SSSR count). The maximum absolute atomic E-state index is 10.9. The molecular weight excluding hydrogens is 214 g/mol. The quantitative estimate of drug-likeness (QED) is 0.822. The van der Waals surface area contributed by atoms with E-state index >= 15 is 0 Å². The predicted octanol–water partition coefficient (Wildman–Crippen LogP) is 1.50. The Balaban J connectivity index is 2.81. The standard InChI is InChI=1S/C10H15NO3S/c1-3-10(12)8-4-6-9(7-5-8)11-15(2,13)14/h4-7,10-12H,3H2,1-2H3/t10-/m1/s1. The summed E-state index contributed by atoms with van der Waals surface area (Å²) in [5.41, 5.74) is 1.29. The van der Waals surface area contributed by atoms with Gasteiger partial charge in [0.05, 0.1) is 12.4 Å². The maximum atomic E-state index is 10.9. The van der Waals surface area contributed by atoms with E-state index in [0.717, 1.165) is 11.8 Å². The lowest BCUT2D eigenvalue weighted by Crippen LogP contribution is -2.09. The monoisotopic (exact) mass is 229 g/mol. The second kappa shape index (κ2) is 4.63. The van der Waals surface area contributed by atoms with Gasteiger partial charge in [0.25, 0.3) is 0 Å². The highest BCUT2D eigenvalue weighted by molar-refractivity contribution is 7.92. The largest absolute Gasteiger partial charge is 0.388 e. The molecule has 0 bridgehead atoms. The minimum Gasteiger partial charge on any atom is -0.388 e. The Morgan fingerprint density at radius 3 is 2.27 bits per heavy atom. The summed E-state index contributed by atoms with van der Waals surface area (Å²) in [4.78, 5) is 0. The summed E-state index contributed by atoms with van der Waals surface area (Å²) in [6.07, 6.45) is 1.25. The number of nitrogens with one attached hydrogen (secondary N) is 1. The normalized spacial score (nSPS) is 13.5. The van der Waals surface area contributed by atoms with Gasteiger partial charge in [-0.3, -0.25) is 4.72 Å². The zero-order valence-electron chi connectivity index (χ0n) is 8.77. The lowest BCUT2D eigenvalue weighted by atomic mass is 10.1. The minimum absolute atomic E-state index is 0.489. The third-order valence-electron chi connectivity index (χ3n) is 1.99. The molecular formula is C10H15NO3S. The highest BCUT2D eigenvalue weighted by atomic mass is 32.2. The number of hydrogen-bond acceptors (Lipinski definition) is 3. The van der Waals surface area contributed by atoms with E-state index < -0.39 is 16.1 Å². The van der Waals surface area contributed by atoms with E-state index in [4.69, 9.17) is 0 Å². The van der Waals surface area contributed by atoms with Crippen molar-refractivity contribution in [2.24, 2.45) is 0 Å². The molecule has 0 fully saturated rings. The molecule has 0 saturated heterocycles. The molecule has 0 unspecified atom stereocenters. The van der Waals surface area contributed by atoms with Gasteiger partial charge in [-0.05, 0) is 24.1 Å². The second-order valence-electron chi connectivity index (χ2n) is 3.42. The van der Waals surface area contributed by atoms with Crippen molar-refractivity contribution in [3.05, 3.63) is 29.8 Å². The summed E-state index contributed by atoms with van der Waals surface area (Å²) in [6, 6.07) is 6.69. The fourth-order valence-electron chi connectivity index (χ4n) is 1.22. The molecule has 0 radical (unpaired) electrons. The number of aliphatic hydroxyl groups excluding tert-OH is 1. The number of rotatable bonds is 4.